The van der Waals surface area contributed by atoms with Crippen LogP contribution in [0.5, 0.6) is 0 Å². The van der Waals surface area contributed by atoms with Crippen LogP contribution in [0.4, 0.5) is 13.9 Å². The number of hydrogen-bond acceptors (Lipinski definition) is 5. The molecule has 0 aliphatic rings. The molecule has 0 bridgehead atoms. The lowest BCUT2D eigenvalue weighted by Crippen LogP contribution is -2.36. The maximum absolute atomic E-state index is 13.1. The molecule has 3 aromatic rings. The molecule has 1 unspecified atom stereocenters. The topological polar surface area (TPSA) is 58.1 Å². The molecule has 0 saturated carbocycles. The molecule has 1 N–H and O–H groups in total. The summed E-state index contributed by atoms with van der Waals surface area (Å²) in [4.78, 5) is 19.1. The summed E-state index contributed by atoms with van der Waals surface area (Å²) in [6, 6.07) is 12.6. The molecule has 0 aliphatic carbocycles. The highest BCUT2D eigenvalue weighted by atomic mass is 32.1. The lowest BCUT2D eigenvalue weighted by atomic mass is 10.1. The molecule has 2 aromatic carbocycles. The number of amides is 1. The van der Waals surface area contributed by atoms with Crippen molar-refractivity contribution in [2.24, 2.45) is 0 Å². The standard InChI is InChI=1S/C23H26F2N4OS/c1-3-16(2)29(13-12-22(30)26-15-18-6-10-20(25)11-7-18)23-27-21(28-31-23)14-17-4-8-19(24)9-5-17/h4-11,16H,3,12-15H2,1-2H3,(H,26,30). The van der Waals surface area contributed by atoms with Crippen LogP contribution in [-0.4, -0.2) is 27.9 Å². The Kier molecular flexibility index (Phi) is 8.06. The summed E-state index contributed by atoms with van der Waals surface area (Å²) in [5.74, 6) is 0.0424. The average Bonchev–Trinajstić information content (AvgIpc) is 3.23. The van der Waals surface area contributed by atoms with E-state index in [2.05, 4.69) is 33.4 Å². The minimum Gasteiger partial charge on any atom is -0.352 e. The zero-order chi connectivity index (χ0) is 22.2. The molecule has 0 aliphatic heterocycles. The second kappa shape index (κ2) is 10.9. The first-order chi connectivity index (χ1) is 14.9. The average molecular weight is 445 g/mol. The molecule has 0 fully saturated rings. The summed E-state index contributed by atoms with van der Waals surface area (Å²) in [5, 5.41) is 3.65. The summed E-state index contributed by atoms with van der Waals surface area (Å²) in [6.45, 7) is 5.07. The van der Waals surface area contributed by atoms with Crippen LogP contribution in [0, 0.1) is 11.6 Å². The van der Waals surface area contributed by atoms with Crippen LogP contribution in [0.2, 0.25) is 0 Å². The van der Waals surface area contributed by atoms with Gasteiger partial charge in [0.25, 0.3) is 0 Å². The predicted octanol–water partition coefficient (Wildman–Crippen LogP) is 4.72. The number of hydrogen-bond donors (Lipinski definition) is 1. The molecule has 3 rings (SSSR count). The smallest absolute Gasteiger partial charge is 0.222 e. The van der Waals surface area contributed by atoms with Gasteiger partial charge in [-0.25, -0.2) is 13.8 Å². The van der Waals surface area contributed by atoms with Gasteiger partial charge in [0, 0.05) is 43.5 Å². The third-order valence-corrected chi connectivity index (χ3v) is 5.88. The zero-order valence-corrected chi connectivity index (χ0v) is 18.5. The van der Waals surface area contributed by atoms with Crippen molar-refractivity contribution in [3.05, 3.63) is 77.1 Å². The number of nitrogens with one attached hydrogen (secondary N) is 1. The summed E-state index contributed by atoms with van der Waals surface area (Å²) in [7, 11) is 0. The van der Waals surface area contributed by atoms with Crippen molar-refractivity contribution in [3.63, 3.8) is 0 Å². The lowest BCUT2D eigenvalue weighted by molar-refractivity contribution is -0.121. The van der Waals surface area contributed by atoms with Crippen molar-refractivity contribution in [2.45, 2.75) is 45.7 Å². The highest BCUT2D eigenvalue weighted by molar-refractivity contribution is 7.09. The first kappa shape index (κ1) is 22.8. The van der Waals surface area contributed by atoms with Gasteiger partial charge in [-0.1, -0.05) is 31.2 Å². The van der Waals surface area contributed by atoms with Gasteiger partial charge >= 0.3 is 0 Å². The van der Waals surface area contributed by atoms with Gasteiger partial charge in [-0.2, -0.15) is 4.37 Å². The van der Waals surface area contributed by atoms with Crippen molar-refractivity contribution in [1.82, 2.24) is 14.7 Å². The molecule has 1 atom stereocenters. The van der Waals surface area contributed by atoms with E-state index < -0.39 is 0 Å². The maximum Gasteiger partial charge on any atom is 0.222 e. The molecular formula is C23H26F2N4OS. The fraction of sp³-hybridized carbons (Fsp3) is 0.348. The Morgan fingerprint density at radius 1 is 1.06 bits per heavy atom. The van der Waals surface area contributed by atoms with Gasteiger partial charge in [-0.15, -0.1) is 0 Å². The third-order valence-electron chi connectivity index (χ3n) is 5.08. The summed E-state index contributed by atoms with van der Waals surface area (Å²) in [6.07, 6.45) is 1.76. The van der Waals surface area contributed by atoms with Gasteiger partial charge < -0.3 is 10.2 Å². The largest absolute Gasteiger partial charge is 0.352 e. The summed E-state index contributed by atoms with van der Waals surface area (Å²) < 4.78 is 30.5. The second-order valence-electron chi connectivity index (χ2n) is 7.40. The minimum absolute atomic E-state index is 0.0753. The van der Waals surface area contributed by atoms with Crippen LogP contribution in [0.25, 0.3) is 0 Å². The van der Waals surface area contributed by atoms with E-state index in [9.17, 15) is 13.6 Å². The van der Waals surface area contributed by atoms with Gasteiger partial charge in [0.15, 0.2) is 0 Å². The fourth-order valence-corrected chi connectivity index (χ4v) is 3.87. The van der Waals surface area contributed by atoms with Crippen LogP contribution < -0.4 is 10.2 Å². The molecule has 0 saturated heterocycles. The van der Waals surface area contributed by atoms with Crippen LogP contribution in [0.1, 0.15) is 43.6 Å². The number of rotatable bonds is 10. The van der Waals surface area contributed by atoms with E-state index in [0.717, 1.165) is 22.7 Å². The van der Waals surface area contributed by atoms with E-state index in [1.807, 2.05) is 0 Å². The molecule has 0 radical (unpaired) electrons. The first-order valence-corrected chi connectivity index (χ1v) is 11.1. The molecule has 5 nitrogen and oxygen atoms in total. The van der Waals surface area contributed by atoms with Crippen molar-refractivity contribution in [3.8, 4) is 0 Å². The fourth-order valence-electron chi connectivity index (χ4n) is 3.06. The van der Waals surface area contributed by atoms with Crippen LogP contribution in [-0.2, 0) is 17.8 Å². The molecule has 0 spiro atoms. The van der Waals surface area contributed by atoms with Crippen LogP contribution >= 0.6 is 11.5 Å². The molecule has 1 amide bonds. The number of anilines is 1. The van der Waals surface area contributed by atoms with Gasteiger partial charge in [0.1, 0.15) is 17.5 Å². The number of halogens is 2. The highest BCUT2D eigenvalue weighted by Gasteiger charge is 2.19. The van der Waals surface area contributed by atoms with E-state index in [4.69, 9.17) is 0 Å². The van der Waals surface area contributed by atoms with Gasteiger partial charge in [-0.05, 0) is 48.7 Å². The van der Waals surface area contributed by atoms with Crippen molar-refractivity contribution in [2.75, 3.05) is 11.4 Å². The predicted molar refractivity (Wildman–Crippen MR) is 119 cm³/mol. The van der Waals surface area contributed by atoms with Crippen LogP contribution in [0.3, 0.4) is 0 Å². The molecule has 31 heavy (non-hydrogen) atoms. The monoisotopic (exact) mass is 444 g/mol. The first-order valence-electron chi connectivity index (χ1n) is 10.3. The van der Waals surface area contributed by atoms with E-state index in [-0.39, 0.29) is 23.6 Å². The quantitative estimate of drug-likeness (QED) is 0.492. The Morgan fingerprint density at radius 3 is 2.29 bits per heavy atom. The van der Waals surface area contributed by atoms with E-state index in [1.165, 1.54) is 35.8 Å². The Labute approximate surface area is 185 Å². The van der Waals surface area contributed by atoms with Crippen molar-refractivity contribution < 1.29 is 13.6 Å². The Balaban J connectivity index is 1.57. The Bertz CT molecular complexity index is 976. The molecule has 1 aromatic heterocycles. The Hall–Kier alpha value is -2.87. The summed E-state index contributed by atoms with van der Waals surface area (Å²) >= 11 is 1.31. The maximum atomic E-state index is 13.1. The lowest BCUT2D eigenvalue weighted by Gasteiger charge is -2.27. The molecule has 1 heterocycles. The minimum atomic E-state index is -0.296. The van der Waals surface area contributed by atoms with E-state index in [0.29, 0.717) is 31.8 Å². The Morgan fingerprint density at radius 2 is 1.68 bits per heavy atom. The normalized spacial score (nSPS) is 11.9. The van der Waals surface area contributed by atoms with Crippen molar-refractivity contribution in [1.29, 1.82) is 0 Å². The van der Waals surface area contributed by atoms with Gasteiger partial charge in [0.2, 0.25) is 11.0 Å². The SMILES string of the molecule is CCC(C)N(CCC(=O)NCc1ccc(F)cc1)c1nc(Cc2ccc(F)cc2)ns1. The number of carbonyl (C=O) groups is 1. The van der Waals surface area contributed by atoms with E-state index in [1.54, 1.807) is 24.3 Å². The zero-order valence-electron chi connectivity index (χ0n) is 17.6. The summed E-state index contributed by atoms with van der Waals surface area (Å²) in [5.41, 5.74) is 1.80. The van der Waals surface area contributed by atoms with Gasteiger partial charge in [-0.3, -0.25) is 4.79 Å². The molecule has 164 valence electrons. The highest BCUT2D eigenvalue weighted by Crippen LogP contribution is 2.22. The van der Waals surface area contributed by atoms with E-state index >= 15 is 0 Å². The number of benzene rings is 2. The molecular weight excluding hydrogens is 418 g/mol. The van der Waals surface area contributed by atoms with Crippen molar-refractivity contribution >= 4 is 22.6 Å². The second-order valence-corrected chi connectivity index (χ2v) is 8.13. The molecule has 8 heteroatoms. The number of nitrogens with zero attached hydrogens (tertiary/aromatic N) is 3. The van der Waals surface area contributed by atoms with Gasteiger partial charge in [0.05, 0.1) is 0 Å². The number of aromatic nitrogens is 2. The number of carbonyl (C=O) groups excluding carboxylic acids is 1. The van der Waals surface area contributed by atoms with Crippen LogP contribution in [0.15, 0.2) is 48.5 Å². The third kappa shape index (κ3) is 6.82.